The minimum atomic E-state index is -0.291. The Morgan fingerprint density at radius 3 is 3.00 bits per heavy atom. The van der Waals surface area contributed by atoms with Crippen molar-refractivity contribution < 1.29 is 9.63 Å². The molecule has 0 saturated heterocycles. The van der Waals surface area contributed by atoms with E-state index in [-0.39, 0.29) is 23.9 Å². The lowest BCUT2D eigenvalue weighted by Crippen LogP contribution is -2.03. The van der Waals surface area contributed by atoms with Gasteiger partial charge in [0, 0.05) is 6.07 Å². The van der Waals surface area contributed by atoms with Gasteiger partial charge in [-0.2, -0.15) is 4.98 Å². The Balaban J connectivity index is 2.44. The maximum absolute atomic E-state index is 10.9. The molecular weight excluding hydrogens is 186 g/mol. The summed E-state index contributed by atoms with van der Waals surface area (Å²) in [5, 5.41) is 12.2. The molecule has 2 aromatic heterocycles. The van der Waals surface area contributed by atoms with Gasteiger partial charge in [-0.1, -0.05) is 11.2 Å². The van der Waals surface area contributed by atoms with Gasteiger partial charge in [0.15, 0.2) is 5.82 Å². The molecule has 0 aliphatic carbocycles. The van der Waals surface area contributed by atoms with Crippen LogP contribution >= 0.6 is 0 Å². The highest BCUT2D eigenvalue weighted by atomic mass is 16.5. The zero-order valence-electron chi connectivity index (χ0n) is 7.10. The van der Waals surface area contributed by atoms with E-state index in [9.17, 15) is 4.79 Å². The Morgan fingerprint density at radius 1 is 1.50 bits per heavy atom. The van der Waals surface area contributed by atoms with Crippen molar-refractivity contribution in [1.29, 1.82) is 0 Å². The lowest BCUT2D eigenvalue weighted by molar-refractivity contribution is 0.264. The zero-order chi connectivity index (χ0) is 9.97. The molecule has 2 aromatic rings. The van der Waals surface area contributed by atoms with E-state index in [0.29, 0.717) is 5.69 Å². The van der Waals surface area contributed by atoms with Crippen molar-refractivity contribution in [2.45, 2.75) is 6.61 Å². The van der Waals surface area contributed by atoms with E-state index in [2.05, 4.69) is 15.1 Å². The van der Waals surface area contributed by atoms with Gasteiger partial charge in [-0.15, -0.1) is 0 Å². The number of pyridine rings is 1. The minimum absolute atomic E-state index is 0.185. The minimum Gasteiger partial charge on any atom is -0.388 e. The highest BCUT2D eigenvalue weighted by Gasteiger charge is 2.07. The summed E-state index contributed by atoms with van der Waals surface area (Å²) in [4.78, 5) is 17.3. The molecule has 14 heavy (non-hydrogen) atoms. The molecule has 0 radical (unpaired) electrons. The van der Waals surface area contributed by atoms with Crippen LogP contribution in [0.4, 0.5) is 0 Å². The van der Waals surface area contributed by atoms with Crippen molar-refractivity contribution in [1.82, 2.24) is 15.1 Å². The number of rotatable bonds is 2. The first-order valence-corrected chi connectivity index (χ1v) is 3.93. The first kappa shape index (κ1) is 8.64. The van der Waals surface area contributed by atoms with Gasteiger partial charge >= 0.3 is 0 Å². The van der Waals surface area contributed by atoms with Crippen LogP contribution in [0.1, 0.15) is 5.82 Å². The molecule has 6 heteroatoms. The Hall–Kier alpha value is -1.95. The molecule has 0 spiro atoms. The Bertz CT molecular complexity index is 488. The molecule has 0 amide bonds. The van der Waals surface area contributed by atoms with Crippen molar-refractivity contribution in [3.8, 4) is 11.6 Å². The van der Waals surface area contributed by atoms with Crippen LogP contribution < -0.4 is 5.56 Å². The molecule has 0 fully saturated rings. The number of aliphatic hydroxyl groups is 1. The van der Waals surface area contributed by atoms with Gasteiger partial charge in [0.25, 0.3) is 5.89 Å². The summed E-state index contributed by atoms with van der Waals surface area (Å²) in [6.07, 6.45) is 0. The average Bonchev–Trinajstić information content (AvgIpc) is 2.66. The Kier molecular flexibility index (Phi) is 2.11. The van der Waals surface area contributed by atoms with E-state index in [1.807, 2.05) is 0 Å². The molecular formula is C8H7N3O3. The normalized spacial score (nSPS) is 10.4. The molecule has 6 nitrogen and oxygen atoms in total. The molecule has 72 valence electrons. The van der Waals surface area contributed by atoms with Crippen LogP contribution in [0.3, 0.4) is 0 Å². The third kappa shape index (κ3) is 1.55. The number of aromatic amines is 1. The smallest absolute Gasteiger partial charge is 0.274 e. The van der Waals surface area contributed by atoms with Crippen molar-refractivity contribution in [2.24, 2.45) is 0 Å². The zero-order valence-corrected chi connectivity index (χ0v) is 7.10. The van der Waals surface area contributed by atoms with Gasteiger partial charge in [0.1, 0.15) is 12.3 Å². The van der Waals surface area contributed by atoms with E-state index < -0.39 is 0 Å². The number of H-pyrrole nitrogens is 1. The predicted molar refractivity (Wildman–Crippen MR) is 46.3 cm³/mol. The fourth-order valence-electron chi connectivity index (χ4n) is 1.00. The van der Waals surface area contributed by atoms with Gasteiger partial charge < -0.3 is 14.6 Å². The van der Waals surface area contributed by atoms with E-state index in [4.69, 9.17) is 9.63 Å². The second kappa shape index (κ2) is 3.43. The highest BCUT2D eigenvalue weighted by Crippen LogP contribution is 2.11. The Labute approximate surface area is 78.2 Å². The lowest BCUT2D eigenvalue weighted by Gasteiger charge is -1.90. The van der Waals surface area contributed by atoms with Crippen molar-refractivity contribution in [3.05, 3.63) is 34.4 Å². The van der Waals surface area contributed by atoms with Crippen molar-refractivity contribution >= 4 is 0 Å². The van der Waals surface area contributed by atoms with Crippen molar-refractivity contribution in [3.63, 3.8) is 0 Å². The third-order valence-corrected chi connectivity index (χ3v) is 1.61. The number of aliphatic hydroxyl groups excluding tert-OH is 1. The number of nitrogens with zero attached hydrogens (tertiary/aromatic N) is 2. The van der Waals surface area contributed by atoms with Gasteiger partial charge in [-0.3, -0.25) is 4.79 Å². The molecule has 0 bridgehead atoms. The number of hydrogen-bond donors (Lipinski definition) is 2. The maximum Gasteiger partial charge on any atom is 0.274 e. The van der Waals surface area contributed by atoms with Crippen LogP contribution in [0, 0.1) is 0 Å². The summed E-state index contributed by atoms with van der Waals surface area (Å²) in [5.41, 5.74) is 0.191. The maximum atomic E-state index is 10.9. The fourth-order valence-corrected chi connectivity index (χ4v) is 1.00. The topological polar surface area (TPSA) is 92.0 Å². The van der Waals surface area contributed by atoms with Crippen LogP contribution in [-0.4, -0.2) is 20.2 Å². The third-order valence-electron chi connectivity index (χ3n) is 1.61. The summed E-state index contributed by atoms with van der Waals surface area (Å²) in [7, 11) is 0. The summed E-state index contributed by atoms with van der Waals surface area (Å²) in [5.74, 6) is 0.372. The average molecular weight is 193 g/mol. The molecule has 0 unspecified atom stereocenters. The largest absolute Gasteiger partial charge is 0.388 e. The molecule has 0 atom stereocenters. The van der Waals surface area contributed by atoms with E-state index in [0.717, 1.165) is 0 Å². The van der Waals surface area contributed by atoms with Gasteiger partial charge in [0.2, 0.25) is 5.56 Å². The molecule has 0 saturated carbocycles. The predicted octanol–water partition coefficient (Wildman–Crippen LogP) is -0.0828. The molecule has 0 aliphatic rings. The number of hydrogen-bond acceptors (Lipinski definition) is 5. The van der Waals surface area contributed by atoms with Gasteiger partial charge in [-0.25, -0.2) is 0 Å². The lowest BCUT2D eigenvalue weighted by atomic mass is 10.3. The molecule has 2 rings (SSSR count). The van der Waals surface area contributed by atoms with E-state index in [1.165, 1.54) is 6.07 Å². The van der Waals surface area contributed by atoms with Crippen LogP contribution in [0.15, 0.2) is 27.5 Å². The number of nitrogens with one attached hydrogen (secondary N) is 1. The number of aromatic nitrogens is 3. The fraction of sp³-hybridized carbons (Fsp3) is 0.125. The van der Waals surface area contributed by atoms with Crippen LogP contribution in [-0.2, 0) is 6.61 Å². The first-order chi connectivity index (χ1) is 6.79. The monoisotopic (exact) mass is 193 g/mol. The van der Waals surface area contributed by atoms with Crippen LogP contribution in [0.2, 0.25) is 0 Å². The summed E-state index contributed by atoms with van der Waals surface area (Å²) >= 11 is 0. The second-order valence-corrected chi connectivity index (χ2v) is 2.60. The molecule has 2 heterocycles. The first-order valence-electron chi connectivity index (χ1n) is 3.93. The standard InChI is InChI=1S/C8H7N3O3/c12-4-6-10-8(14-11-6)5-2-1-3-7(13)9-5/h1-3,12H,4H2,(H,9,13). The van der Waals surface area contributed by atoms with E-state index in [1.54, 1.807) is 12.1 Å². The second-order valence-electron chi connectivity index (χ2n) is 2.60. The quantitative estimate of drug-likeness (QED) is 0.695. The van der Waals surface area contributed by atoms with Crippen molar-refractivity contribution in [2.75, 3.05) is 0 Å². The van der Waals surface area contributed by atoms with Crippen LogP contribution in [0.5, 0.6) is 0 Å². The van der Waals surface area contributed by atoms with Crippen LogP contribution in [0.25, 0.3) is 11.6 Å². The summed E-state index contributed by atoms with van der Waals surface area (Å²) in [6.45, 7) is -0.291. The van der Waals surface area contributed by atoms with Gasteiger partial charge in [0.05, 0.1) is 0 Å². The molecule has 0 aliphatic heterocycles. The summed E-state index contributed by atoms with van der Waals surface area (Å²) in [6, 6.07) is 4.60. The Morgan fingerprint density at radius 2 is 2.36 bits per heavy atom. The highest BCUT2D eigenvalue weighted by molar-refractivity contribution is 5.45. The SMILES string of the molecule is O=c1cccc(-c2nc(CO)no2)[nH]1. The van der Waals surface area contributed by atoms with E-state index >= 15 is 0 Å². The van der Waals surface area contributed by atoms with Gasteiger partial charge in [-0.05, 0) is 6.07 Å². The molecule has 2 N–H and O–H groups in total. The molecule has 0 aromatic carbocycles. The summed E-state index contributed by atoms with van der Waals surface area (Å²) < 4.78 is 4.81.